The fourth-order valence-electron chi connectivity index (χ4n) is 2.66. The summed E-state index contributed by atoms with van der Waals surface area (Å²) in [4.78, 5) is 4.70. The van der Waals surface area contributed by atoms with E-state index in [-0.39, 0.29) is 12.6 Å². The highest BCUT2D eigenvalue weighted by molar-refractivity contribution is 5.66. The number of ether oxygens (including phenoxy) is 2. The number of nitriles is 2. The summed E-state index contributed by atoms with van der Waals surface area (Å²) in [6, 6.07) is 11.8. The van der Waals surface area contributed by atoms with Gasteiger partial charge in [-0.2, -0.15) is 10.5 Å². The summed E-state index contributed by atoms with van der Waals surface area (Å²) in [6.07, 6.45) is 0. The van der Waals surface area contributed by atoms with Gasteiger partial charge in [-0.15, -0.1) is 0 Å². The van der Waals surface area contributed by atoms with E-state index in [1.54, 1.807) is 6.07 Å². The number of nitrogens with zero attached hydrogens (tertiary/aromatic N) is 4. The van der Waals surface area contributed by atoms with Gasteiger partial charge in [0.2, 0.25) is 0 Å². The zero-order valence-corrected chi connectivity index (χ0v) is 14.8. The fourth-order valence-corrected chi connectivity index (χ4v) is 2.66. The first-order valence-electron chi connectivity index (χ1n) is 8.31. The van der Waals surface area contributed by atoms with Gasteiger partial charge >= 0.3 is 0 Å². The number of rotatable bonds is 8. The van der Waals surface area contributed by atoms with Crippen LogP contribution in [-0.2, 0) is 22.8 Å². The lowest BCUT2D eigenvalue weighted by molar-refractivity contribution is 0.0862. The van der Waals surface area contributed by atoms with Crippen molar-refractivity contribution in [2.45, 2.75) is 40.0 Å². The molecule has 0 aliphatic rings. The largest absolute Gasteiger partial charge is 0.375 e. The summed E-state index contributed by atoms with van der Waals surface area (Å²) >= 11 is 0. The van der Waals surface area contributed by atoms with Crippen molar-refractivity contribution in [2.24, 2.45) is 0 Å². The van der Waals surface area contributed by atoms with E-state index in [0.29, 0.717) is 36.9 Å². The molecule has 25 heavy (non-hydrogen) atoms. The predicted molar refractivity (Wildman–Crippen MR) is 93.4 cm³/mol. The van der Waals surface area contributed by atoms with Crippen molar-refractivity contribution < 1.29 is 9.47 Å². The Morgan fingerprint density at radius 3 is 2.52 bits per heavy atom. The normalized spacial score (nSPS) is 11.7. The average molecular weight is 338 g/mol. The molecule has 0 saturated heterocycles. The topological polar surface area (TPSA) is 83.9 Å². The third kappa shape index (κ3) is 4.06. The van der Waals surface area contributed by atoms with Crippen LogP contribution < -0.4 is 0 Å². The van der Waals surface area contributed by atoms with Crippen molar-refractivity contribution in [2.75, 3.05) is 13.2 Å². The Labute approximate surface area is 148 Å². The third-order valence-electron chi connectivity index (χ3n) is 3.84. The predicted octanol–water partition coefficient (Wildman–Crippen LogP) is 3.58. The zero-order chi connectivity index (χ0) is 18.2. The van der Waals surface area contributed by atoms with E-state index in [0.717, 1.165) is 11.3 Å². The second kappa shape index (κ2) is 8.98. The molecule has 130 valence electrons. The first kappa shape index (κ1) is 18.7. The van der Waals surface area contributed by atoms with E-state index >= 15 is 0 Å². The Hall–Kier alpha value is -2.67. The van der Waals surface area contributed by atoms with Gasteiger partial charge in [0.1, 0.15) is 12.6 Å². The van der Waals surface area contributed by atoms with Gasteiger partial charge in [-0.3, -0.25) is 0 Å². The maximum absolute atomic E-state index is 9.44. The van der Waals surface area contributed by atoms with E-state index in [1.807, 2.05) is 43.5 Å². The standard InChI is InChI=1S/C19H22N4O2/c1-4-24-12-17-18(14(3)10-20)23(13-25-5-2)19(22-17)16-9-7-6-8-15(16)11-21/h6-9,14H,4-5,12-13H2,1-3H3. The molecule has 0 aliphatic carbocycles. The van der Waals surface area contributed by atoms with Gasteiger partial charge < -0.3 is 14.0 Å². The van der Waals surface area contributed by atoms with Crippen LogP contribution in [0.5, 0.6) is 0 Å². The minimum atomic E-state index is -0.369. The summed E-state index contributed by atoms with van der Waals surface area (Å²) in [5.41, 5.74) is 2.73. The smallest absolute Gasteiger partial charge is 0.143 e. The molecule has 1 aromatic heterocycles. The Kier molecular flexibility index (Phi) is 6.71. The van der Waals surface area contributed by atoms with Gasteiger partial charge in [-0.05, 0) is 32.9 Å². The van der Waals surface area contributed by atoms with E-state index in [9.17, 15) is 10.5 Å². The van der Waals surface area contributed by atoms with Crippen molar-refractivity contribution in [1.82, 2.24) is 9.55 Å². The highest BCUT2D eigenvalue weighted by Gasteiger charge is 2.24. The van der Waals surface area contributed by atoms with Crippen LogP contribution in [0.2, 0.25) is 0 Å². The van der Waals surface area contributed by atoms with Crippen LogP contribution >= 0.6 is 0 Å². The van der Waals surface area contributed by atoms with E-state index in [2.05, 4.69) is 12.1 Å². The molecule has 2 rings (SSSR count). The first-order valence-corrected chi connectivity index (χ1v) is 8.31. The average Bonchev–Trinajstić information content (AvgIpc) is 3.01. The van der Waals surface area contributed by atoms with E-state index in [4.69, 9.17) is 14.5 Å². The second-order valence-electron chi connectivity index (χ2n) is 5.46. The SMILES string of the molecule is CCOCc1nc(-c2ccccc2C#N)n(COCC)c1C(C)C#N. The maximum Gasteiger partial charge on any atom is 0.143 e. The lowest BCUT2D eigenvalue weighted by Gasteiger charge is -2.14. The molecule has 0 bridgehead atoms. The summed E-state index contributed by atoms with van der Waals surface area (Å²) in [6.45, 7) is 7.34. The minimum Gasteiger partial charge on any atom is -0.375 e. The second-order valence-corrected chi connectivity index (χ2v) is 5.46. The quantitative estimate of drug-likeness (QED) is 0.734. The molecule has 2 aromatic rings. The fraction of sp³-hybridized carbons (Fsp3) is 0.421. The van der Waals surface area contributed by atoms with Crippen molar-refractivity contribution in [3.8, 4) is 23.5 Å². The molecular weight excluding hydrogens is 316 g/mol. The van der Waals surface area contributed by atoms with Crippen LogP contribution in [-0.4, -0.2) is 22.8 Å². The molecule has 6 nitrogen and oxygen atoms in total. The van der Waals surface area contributed by atoms with Gasteiger partial charge in [0.05, 0.1) is 41.6 Å². The molecule has 6 heteroatoms. The maximum atomic E-state index is 9.44. The molecular formula is C19H22N4O2. The number of hydrogen-bond acceptors (Lipinski definition) is 5. The molecule has 0 N–H and O–H groups in total. The molecule has 0 spiro atoms. The lowest BCUT2D eigenvalue weighted by atomic mass is 10.1. The summed E-state index contributed by atoms with van der Waals surface area (Å²) < 4.78 is 13.0. The molecule has 0 aliphatic heterocycles. The van der Waals surface area contributed by atoms with Gasteiger partial charge in [-0.25, -0.2) is 4.98 Å². The molecule has 0 fully saturated rings. The third-order valence-corrected chi connectivity index (χ3v) is 3.84. The van der Waals surface area contributed by atoms with Crippen molar-refractivity contribution in [3.63, 3.8) is 0 Å². The Morgan fingerprint density at radius 1 is 1.16 bits per heavy atom. The highest BCUT2D eigenvalue weighted by Crippen LogP contribution is 2.30. The Morgan fingerprint density at radius 2 is 1.88 bits per heavy atom. The lowest BCUT2D eigenvalue weighted by Crippen LogP contribution is -2.11. The summed E-state index contributed by atoms with van der Waals surface area (Å²) in [5, 5.41) is 18.9. The highest BCUT2D eigenvalue weighted by atomic mass is 16.5. The van der Waals surface area contributed by atoms with E-state index < -0.39 is 0 Å². The van der Waals surface area contributed by atoms with Gasteiger partial charge in [0, 0.05) is 18.8 Å². The van der Waals surface area contributed by atoms with Crippen molar-refractivity contribution in [3.05, 3.63) is 41.2 Å². The van der Waals surface area contributed by atoms with Crippen LogP contribution in [0.3, 0.4) is 0 Å². The number of imidazole rings is 1. The first-order chi connectivity index (χ1) is 12.2. The van der Waals surface area contributed by atoms with Crippen LogP contribution in [0, 0.1) is 22.7 Å². The zero-order valence-electron chi connectivity index (χ0n) is 14.8. The van der Waals surface area contributed by atoms with E-state index in [1.165, 1.54) is 0 Å². The van der Waals surface area contributed by atoms with Gasteiger partial charge in [0.25, 0.3) is 0 Å². The Balaban J connectivity index is 2.67. The van der Waals surface area contributed by atoms with Crippen LogP contribution in [0.25, 0.3) is 11.4 Å². The van der Waals surface area contributed by atoms with Crippen LogP contribution in [0.15, 0.2) is 24.3 Å². The molecule has 0 radical (unpaired) electrons. The van der Waals surface area contributed by atoms with Gasteiger partial charge in [-0.1, -0.05) is 12.1 Å². The van der Waals surface area contributed by atoms with Crippen LogP contribution in [0.1, 0.15) is 43.6 Å². The number of benzene rings is 1. The molecule has 1 unspecified atom stereocenters. The molecule has 0 amide bonds. The number of aromatic nitrogens is 2. The monoisotopic (exact) mass is 338 g/mol. The van der Waals surface area contributed by atoms with Crippen molar-refractivity contribution >= 4 is 0 Å². The Bertz CT molecular complexity index is 799. The summed E-state index contributed by atoms with van der Waals surface area (Å²) in [7, 11) is 0. The molecule has 1 atom stereocenters. The van der Waals surface area contributed by atoms with Crippen LogP contribution in [0.4, 0.5) is 0 Å². The van der Waals surface area contributed by atoms with Gasteiger partial charge in [0.15, 0.2) is 0 Å². The van der Waals surface area contributed by atoms with Crippen molar-refractivity contribution in [1.29, 1.82) is 10.5 Å². The summed E-state index contributed by atoms with van der Waals surface area (Å²) in [5.74, 6) is 0.254. The minimum absolute atomic E-state index is 0.270. The molecule has 1 heterocycles. The molecule has 1 aromatic carbocycles. The molecule has 0 saturated carbocycles. The number of hydrogen-bond donors (Lipinski definition) is 0.